The average Bonchev–Trinajstić information content (AvgIpc) is 3.29. The zero-order valence-electron chi connectivity index (χ0n) is 21.1. The Morgan fingerprint density at radius 2 is 1.50 bits per heavy atom. The number of hydrogen-bond donors (Lipinski definition) is 1. The van der Waals surface area contributed by atoms with Crippen molar-refractivity contribution in [2.75, 3.05) is 0 Å². The van der Waals surface area contributed by atoms with Crippen molar-refractivity contribution in [2.24, 2.45) is 5.10 Å². The van der Waals surface area contributed by atoms with E-state index in [-0.39, 0.29) is 5.91 Å². The normalized spacial score (nSPS) is 13.7. The highest BCUT2D eigenvalue weighted by molar-refractivity contribution is 6.07. The van der Waals surface area contributed by atoms with E-state index < -0.39 is 11.7 Å². The molecule has 38 heavy (non-hydrogen) atoms. The summed E-state index contributed by atoms with van der Waals surface area (Å²) in [6, 6.07) is 25.0. The number of nitrogens with one attached hydrogen (secondary N) is 1. The molecule has 0 bridgehead atoms. The number of nitrogens with zero attached hydrogens (tertiary/aromatic N) is 2. The van der Waals surface area contributed by atoms with Gasteiger partial charge in [-0.3, -0.25) is 9.59 Å². The summed E-state index contributed by atoms with van der Waals surface area (Å²) in [6.07, 6.45) is 2.12. The number of hydrogen-bond acceptors (Lipinski definition) is 4. The largest absolute Gasteiger partial charge is 0.455 e. The second kappa shape index (κ2) is 11.3. The van der Waals surface area contributed by atoms with Gasteiger partial charge >= 0.3 is 0 Å². The third-order valence-corrected chi connectivity index (χ3v) is 6.64. The number of carbonyl (C=O) groups excluding carboxylic acids is 2. The average molecular weight is 510 g/mol. The van der Waals surface area contributed by atoms with E-state index in [0.717, 1.165) is 23.1 Å². The number of fused-ring (bicyclic) bond motifs is 1. The van der Waals surface area contributed by atoms with Gasteiger partial charge in [-0.05, 0) is 55.2 Å². The van der Waals surface area contributed by atoms with Crippen LogP contribution in [0.1, 0.15) is 61.8 Å². The highest BCUT2D eigenvalue weighted by Gasteiger charge is 2.30. The first-order valence-electron chi connectivity index (χ1n) is 12.6. The van der Waals surface area contributed by atoms with Gasteiger partial charge in [-0.1, -0.05) is 60.7 Å². The number of halogens is 1. The van der Waals surface area contributed by atoms with E-state index in [2.05, 4.69) is 10.5 Å². The lowest BCUT2D eigenvalue weighted by molar-refractivity contribution is 0.0694. The van der Waals surface area contributed by atoms with Crippen molar-refractivity contribution in [2.45, 2.75) is 39.3 Å². The van der Waals surface area contributed by atoms with Crippen LogP contribution in [0.4, 0.5) is 4.39 Å². The lowest BCUT2D eigenvalue weighted by Crippen LogP contribution is -2.30. The van der Waals surface area contributed by atoms with Crippen LogP contribution in [0.25, 0.3) is 0 Å². The molecule has 7 heteroatoms. The van der Waals surface area contributed by atoms with Crippen LogP contribution in [0.2, 0.25) is 0 Å². The highest BCUT2D eigenvalue weighted by atomic mass is 19.1. The molecule has 0 aliphatic heterocycles. The van der Waals surface area contributed by atoms with E-state index in [4.69, 9.17) is 4.42 Å². The maximum atomic E-state index is 13.9. The Hall–Kier alpha value is -4.52. The molecule has 4 aromatic rings. The van der Waals surface area contributed by atoms with Gasteiger partial charge in [0.2, 0.25) is 0 Å². The summed E-state index contributed by atoms with van der Waals surface area (Å²) in [4.78, 5) is 28.2. The molecule has 1 aliphatic rings. The summed E-state index contributed by atoms with van der Waals surface area (Å²) in [7, 11) is 0. The SMILES string of the molecule is Cc1c(C(=O)N(Cc2ccccc2)Cc2ccccc2)oc2c1/C(=N/NC(=O)c1ccc(F)cc1)CCC2. The van der Waals surface area contributed by atoms with Gasteiger partial charge < -0.3 is 9.32 Å². The number of benzene rings is 3. The van der Waals surface area contributed by atoms with Crippen LogP contribution < -0.4 is 5.43 Å². The minimum Gasteiger partial charge on any atom is -0.455 e. The molecule has 2 amide bonds. The smallest absolute Gasteiger partial charge is 0.290 e. The summed E-state index contributed by atoms with van der Waals surface area (Å²) < 4.78 is 19.4. The van der Waals surface area contributed by atoms with Crippen molar-refractivity contribution in [1.29, 1.82) is 0 Å². The van der Waals surface area contributed by atoms with Crippen molar-refractivity contribution >= 4 is 17.5 Å². The number of hydrazone groups is 1. The van der Waals surface area contributed by atoms with Crippen LogP contribution in [0.5, 0.6) is 0 Å². The molecule has 192 valence electrons. The molecule has 3 aromatic carbocycles. The molecular weight excluding hydrogens is 481 g/mol. The van der Waals surface area contributed by atoms with Crippen LogP contribution in [0.3, 0.4) is 0 Å². The summed E-state index contributed by atoms with van der Waals surface area (Å²) in [5.41, 5.74) is 7.09. The van der Waals surface area contributed by atoms with Crippen molar-refractivity contribution in [1.82, 2.24) is 10.3 Å². The van der Waals surface area contributed by atoms with Gasteiger partial charge in [0, 0.05) is 36.2 Å². The van der Waals surface area contributed by atoms with Crippen molar-refractivity contribution in [3.05, 3.63) is 130 Å². The monoisotopic (exact) mass is 509 g/mol. The number of furan rings is 1. The standard InChI is InChI=1S/C31H28FN3O3/c1-21-28-26(33-34-30(36)24-15-17-25(32)18-16-24)13-8-14-27(28)38-29(21)31(37)35(19-22-9-4-2-5-10-22)20-23-11-6-3-7-12-23/h2-7,9-12,15-18H,8,13-14,19-20H2,1H3,(H,34,36)/b33-26+. The fraction of sp³-hybridized carbons (Fsp3) is 0.194. The van der Waals surface area contributed by atoms with Gasteiger partial charge in [0.25, 0.3) is 11.8 Å². The Kier molecular flexibility index (Phi) is 7.45. The molecule has 1 aromatic heterocycles. The molecule has 0 unspecified atom stereocenters. The molecule has 1 heterocycles. The third-order valence-electron chi connectivity index (χ3n) is 6.64. The molecule has 0 atom stereocenters. The first-order valence-corrected chi connectivity index (χ1v) is 12.6. The summed E-state index contributed by atoms with van der Waals surface area (Å²) in [6.45, 7) is 2.74. The van der Waals surface area contributed by atoms with Gasteiger partial charge in [0.15, 0.2) is 5.76 Å². The third kappa shape index (κ3) is 5.57. The van der Waals surface area contributed by atoms with E-state index in [0.29, 0.717) is 54.3 Å². The zero-order chi connectivity index (χ0) is 26.5. The first-order chi connectivity index (χ1) is 18.5. The van der Waals surface area contributed by atoms with E-state index in [1.54, 1.807) is 4.90 Å². The predicted molar refractivity (Wildman–Crippen MR) is 143 cm³/mol. The maximum Gasteiger partial charge on any atom is 0.290 e. The number of rotatable bonds is 7. The Bertz CT molecular complexity index is 1420. The van der Waals surface area contributed by atoms with Crippen LogP contribution >= 0.6 is 0 Å². The second-order valence-electron chi connectivity index (χ2n) is 9.35. The van der Waals surface area contributed by atoms with Gasteiger partial charge in [-0.15, -0.1) is 0 Å². The van der Waals surface area contributed by atoms with Gasteiger partial charge in [-0.25, -0.2) is 9.82 Å². The molecule has 0 saturated heterocycles. The van der Waals surface area contributed by atoms with Crippen LogP contribution in [-0.4, -0.2) is 22.4 Å². The molecule has 0 spiro atoms. The van der Waals surface area contributed by atoms with E-state index in [1.165, 1.54) is 24.3 Å². The Labute approximate surface area is 220 Å². The molecule has 0 radical (unpaired) electrons. The molecule has 6 nitrogen and oxygen atoms in total. The quantitative estimate of drug-likeness (QED) is 0.309. The molecule has 0 fully saturated rings. The zero-order valence-corrected chi connectivity index (χ0v) is 21.1. The lowest BCUT2D eigenvalue weighted by atomic mass is 9.93. The van der Waals surface area contributed by atoms with Crippen molar-refractivity contribution in [3.63, 3.8) is 0 Å². The second-order valence-corrected chi connectivity index (χ2v) is 9.35. The van der Waals surface area contributed by atoms with Crippen LogP contribution in [-0.2, 0) is 19.5 Å². The van der Waals surface area contributed by atoms with Crippen molar-refractivity contribution in [3.8, 4) is 0 Å². The van der Waals surface area contributed by atoms with E-state index in [9.17, 15) is 14.0 Å². The molecular formula is C31H28FN3O3. The first kappa shape index (κ1) is 25.1. The lowest BCUT2D eigenvalue weighted by Gasteiger charge is -2.22. The minimum atomic E-state index is -0.432. The fourth-order valence-electron chi connectivity index (χ4n) is 4.72. The van der Waals surface area contributed by atoms with Gasteiger partial charge in [-0.2, -0.15) is 5.10 Å². The predicted octanol–water partition coefficient (Wildman–Crippen LogP) is 6.04. The summed E-state index contributed by atoms with van der Waals surface area (Å²) in [5, 5.41) is 4.38. The van der Waals surface area contributed by atoms with E-state index >= 15 is 0 Å². The molecule has 1 aliphatic carbocycles. The highest BCUT2D eigenvalue weighted by Crippen LogP contribution is 2.31. The van der Waals surface area contributed by atoms with Gasteiger partial charge in [0.05, 0.1) is 5.71 Å². The molecule has 1 N–H and O–H groups in total. The fourth-order valence-corrected chi connectivity index (χ4v) is 4.72. The number of amides is 2. The Morgan fingerprint density at radius 1 is 0.895 bits per heavy atom. The minimum absolute atomic E-state index is 0.195. The number of aryl methyl sites for hydroxylation is 1. The Morgan fingerprint density at radius 3 is 2.11 bits per heavy atom. The summed E-state index contributed by atoms with van der Waals surface area (Å²) >= 11 is 0. The molecule has 5 rings (SSSR count). The topological polar surface area (TPSA) is 74.9 Å². The number of carbonyl (C=O) groups is 2. The maximum absolute atomic E-state index is 13.9. The molecule has 0 saturated carbocycles. The van der Waals surface area contributed by atoms with Crippen LogP contribution in [0, 0.1) is 12.7 Å². The summed E-state index contributed by atoms with van der Waals surface area (Å²) in [5.74, 6) is -0.0459. The Balaban J connectivity index is 1.42. The van der Waals surface area contributed by atoms with E-state index in [1.807, 2.05) is 67.6 Å². The van der Waals surface area contributed by atoms with Gasteiger partial charge in [0.1, 0.15) is 11.6 Å². The van der Waals surface area contributed by atoms with Crippen molar-refractivity contribution < 1.29 is 18.4 Å². The van der Waals surface area contributed by atoms with Crippen LogP contribution in [0.15, 0.2) is 94.4 Å².